The predicted octanol–water partition coefficient (Wildman–Crippen LogP) is 2.94. The highest BCUT2D eigenvalue weighted by Crippen LogP contribution is 2.42. The van der Waals surface area contributed by atoms with Crippen LogP contribution in [0.5, 0.6) is 0 Å². The van der Waals surface area contributed by atoms with Gasteiger partial charge in [-0.25, -0.2) is 4.39 Å². The fourth-order valence-corrected chi connectivity index (χ4v) is 5.99. The lowest BCUT2D eigenvalue weighted by atomic mass is 9.73. The first-order valence-electron chi connectivity index (χ1n) is 11.7. The van der Waals surface area contributed by atoms with Crippen molar-refractivity contribution in [1.29, 1.82) is 0 Å². The van der Waals surface area contributed by atoms with Crippen molar-refractivity contribution in [3.8, 4) is 11.1 Å². The highest BCUT2D eigenvalue weighted by Gasteiger charge is 2.47. The summed E-state index contributed by atoms with van der Waals surface area (Å²) in [4.78, 5) is 23.6. The molecule has 3 aromatic heterocycles. The van der Waals surface area contributed by atoms with Crippen LogP contribution >= 0.6 is 11.6 Å². The molecule has 2 fully saturated rings. The summed E-state index contributed by atoms with van der Waals surface area (Å²) in [5, 5.41) is 5.34. The topological polar surface area (TPSA) is 107 Å². The number of nitrogens with two attached hydrogens (primary N) is 1. The number of benzene rings is 1. The Balaban J connectivity index is 1.40. The van der Waals surface area contributed by atoms with Gasteiger partial charge in [0, 0.05) is 67.5 Å². The third-order valence-corrected chi connectivity index (χ3v) is 8.27. The van der Waals surface area contributed by atoms with Crippen molar-refractivity contribution >= 4 is 39.5 Å². The second-order valence-electron chi connectivity index (χ2n) is 9.88. The number of aromatic amines is 1. The molecule has 11 heteroatoms. The molecule has 0 amide bonds. The molecular formula is C24H27ClFN7O2. The average molecular weight is 500 g/mol. The van der Waals surface area contributed by atoms with Crippen molar-refractivity contribution < 1.29 is 9.13 Å². The van der Waals surface area contributed by atoms with E-state index < -0.39 is 5.82 Å². The van der Waals surface area contributed by atoms with E-state index in [0.717, 1.165) is 25.9 Å². The molecular weight excluding hydrogens is 473 g/mol. The zero-order valence-corrected chi connectivity index (χ0v) is 20.6. The molecule has 0 unspecified atom stereocenters. The number of hydrogen-bond donors (Lipinski definition) is 2. The number of fused-ring (bicyclic) bond motifs is 2. The molecule has 35 heavy (non-hydrogen) atoms. The molecule has 0 bridgehead atoms. The number of nitrogens with zero attached hydrogens (tertiary/aromatic N) is 5. The lowest BCUT2D eigenvalue weighted by Crippen LogP contribution is -2.51. The number of hydrogen-bond acceptors (Lipinski definition) is 6. The lowest BCUT2D eigenvalue weighted by molar-refractivity contribution is 0.0973. The van der Waals surface area contributed by atoms with Gasteiger partial charge in [0.05, 0.1) is 23.1 Å². The molecule has 2 aliphatic heterocycles. The van der Waals surface area contributed by atoms with Gasteiger partial charge in [-0.1, -0.05) is 11.6 Å². The van der Waals surface area contributed by atoms with Crippen LogP contribution in [0.3, 0.4) is 0 Å². The number of anilines is 1. The van der Waals surface area contributed by atoms with E-state index in [1.807, 2.05) is 6.92 Å². The monoisotopic (exact) mass is 499 g/mol. The number of halogens is 2. The maximum absolute atomic E-state index is 14.8. The van der Waals surface area contributed by atoms with Crippen LogP contribution in [0.25, 0.3) is 33.1 Å². The van der Waals surface area contributed by atoms with E-state index in [1.54, 1.807) is 31.1 Å². The summed E-state index contributed by atoms with van der Waals surface area (Å²) in [6.45, 7) is 4.17. The average Bonchev–Trinajstić information content (AvgIpc) is 3.52. The fourth-order valence-electron chi connectivity index (χ4n) is 5.70. The minimum atomic E-state index is -0.499. The summed E-state index contributed by atoms with van der Waals surface area (Å²) in [5.41, 5.74) is 7.77. The van der Waals surface area contributed by atoms with Gasteiger partial charge in [-0.3, -0.25) is 14.0 Å². The van der Waals surface area contributed by atoms with E-state index in [9.17, 15) is 9.18 Å². The Morgan fingerprint density at radius 3 is 2.71 bits per heavy atom. The molecule has 0 saturated carbocycles. The molecule has 9 nitrogen and oxygen atoms in total. The van der Waals surface area contributed by atoms with Crippen LogP contribution in [0.2, 0.25) is 5.02 Å². The molecule has 6 rings (SSSR count). The van der Waals surface area contributed by atoms with Gasteiger partial charge in [-0.2, -0.15) is 10.1 Å². The maximum atomic E-state index is 14.8. The van der Waals surface area contributed by atoms with E-state index >= 15 is 0 Å². The van der Waals surface area contributed by atoms with Crippen LogP contribution in [-0.4, -0.2) is 56.2 Å². The van der Waals surface area contributed by atoms with Crippen molar-refractivity contribution in [2.45, 2.75) is 31.9 Å². The summed E-state index contributed by atoms with van der Waals surface area (Å²) in [6, 6.07) is 1.34. The highest BCUT2D eigenvalue weighted by molar-refractivity contribution is 6.38. The minimum Gasteiger partial charge on any atom is -0.376 e. The van der Waals surface area contributed by atoms with E-state index in [-0.39, 0.29) is 28.6 Å². The molecule has 2 atom stereocenters. The summed E-state index contributed by atoms with van der Waals surface area (Å²) in [7, 11) is 3.42. The molecule has 2 saturated heterocycles. The summed E-state index contributed by atoms with van der Waals surface area (Å²) in [5.74, 6) is 0.0905. The Labute approximate surface area is 205 Å². The molecule has 0 aliphatic carbocycles. The zero-order chi connectivity index (χ0) is 24.6. The van der Waals surface area contributed by atoms with Crippen molar-refractivity contribution in [3.05, 3.63) is 39.7 Å². The van der Waals surface area contributed by atoms with Gasteiger partial charge in [0.1, 0.15) is 11.2 Å². The van der Waals surface area contributed by atoms with Gasteiger partial charge in [0.2, 0.25) is 5.95 Å². The first kappa shape index (κ1) is 22.5. The molecule has 3 N–H and O–H groups in total. The van der Waals surface area contributed by atoms with Crippen molar-refractivity contribution in [2.75, 3.05) is 24.6 Å². The Hall–Kier alpha value is -2.95. The van der Waals surface area contributed by atoms with Gasteiger partial charge in [0.15, 0.2) is 5.82 Å². The lowest BCUT2D eigenvalue weighted by Gasteiger charge is -2.41. The summed E-state index contributed by atoms with van der Waals surface area (Å²) in [6.07, 6.45) is 5.14. The van der Waals surface area contributed by atoms with E-state index in [2.05, 4.69) is 15.0 Å². The van der Waals surface area contributed by atoms with Gasteiger partial charge in [-0.15, -0.1) is 0 Å². The molecule has 4 aromatic rings. The second kappa shape index (κ2) is 7.78. The van der Waals surface area contributed by atoms with Gasteiger partial charge < -0.3 is 20.4 Å². The molecule has 2 aliphatic rings. The van der Waals surface area contributed by atoms with Gasteiger partial charge >= 0.3 is 0 Å². The number of ether oxygens (including phenoxy) is 1. The quantitative estimate of drug-likeness (QED) is 0.439. The van der Waals surface area contributed by atoms with Crippen molar-refractivity contribution in [3.63, 3.8) is 0 Å². The molecule has 184 valence electrons. The zero-order valence-electron chi connectivity index (χ0n) is 19.8. The van der Waals surface area contributed by atoms with Crippen LogP contribution in [0, 0.1) is 11.2 Å². The number of rotatable bonds is 2. The fraction of sp³-hybridized carbons (Fsp3) is 0.458. The van der Waals surface area contributed by atoms with E-state index in [4.69, 9.17) is 27.1 Å². The number of piperidine rings is 1. The van der Waals surface area contributed by atoms with Crippen molar-refractivity contribution in [1.82, 2.24) is 24.3 Å². The molecule has 1 aromatic carbocycles. The number of H-pyrrole nitrogens is 1. The standard InChI is InChI=1S/C24H27ClFN7O2/c1-12-20(27)24(11-35-12)4-6-33(7-5-24)23-29-21-17(22(34)32(23)3)14(9-28-21)13-8-16(26)19-15(18(13)25)10-31(2)30-19/h8-10,12,20,28H,4-7,11,27H2,1-3H3/t12-,20+/m0/s1. The third-order valence-electron chi connectivity index (χ3n) is 7.87. The van der Waals surface area contributed by atoms with E-state index in [1.165, 1.54) is 10.7 Å². The number of aryl methyl sites for hydroxylation is 1. The SMILES string of the molecule is C[C@@H]1OCC2(CCN(c3nc4[nH]cc(-c5cc(F)c6nn(C)cc6c5Cl)c4c(=O)n3C)CC2)[C@@H]1N. The van der Waals surface area contributed by atoms with Crippen LogP contribution in [0.1, 0.15) is 19.8 Å². The predicted molar refractivity (Wildman–Crippen MR) is 133 cm³/mol. The van der Waals surface area contributed by atoms with Crippen LogP contribution in [0.4, 0.5) is 10.3 Å². The number of aromatic nitrogens is 5. The smallest absolute Gasteiger partial charge is 0.264 e. The summed E-state index contributed by atoms with van der Waals surface area (Å²) >= 11 is 6.65. The largest absolute Gasteiger partial charge is 0.376 e. The first-order valence-corrected chi connectivity index (χ1v) is 12.1. The number of nitrogens with one attached hydrogen (secondary N) is 1. The second-order valence-corrected chi connectivity index (χ2v) is 10.3. The molecule has 0 radical (unpaired) electrons. The minimum absolute atomic E-state index is 0.0113. The van der Waals surface area contributed by atoms with Crippen LogP contribution < -0.4 is 16.2 Å². The highest BCUT2D eigenvalue weighted by atomic mass is 35.5. The Kier molecular flexibility index (Phi) is 5.00. The third kappa shape index (κ3) is 3.23. The van der Waals surface area contributed by atoms with Crippen LogP contribution in [-0.2, 0) is 18.8 Å². The van der Waals surface area contributed by atoms with Crippen LogP contribution in [0.15, 0.2) is 23.3 Å². The summed E-state index contributed by atoms with van der Waals surface area (Å²) < 4.78 is 23.7. The maximum Gasteiger partial charge on any atom is 0.264 e. The Morgan fingerprint density at radius 2 is 2.03 bits per heavy atom. The molecule has 1 spiro atoms. The van der Waals surface area contributed by atoms with Crippen molar-refractivity contribution in [2.24, 2.45) is 25.2 Å². The Bertz CT molecular complexity index is 1530. The Morgan fingerprint density at radius 1 is 1.29 bits per heavy atom. The van der Waals surface area contributed by atoms with Gasteiger partial charge in [-0.05, 0) is 25.8 Å². The first-order chi connectivity index (χ1) is 16.7. The normalized spacial score (nSPS) is 22.2. The molecule has 5 heterocycles. The van der Waals surface area contributed by atoms with E-state index in [0.29, 0.717) is 45.1 Å². The van der Waals surface area contributed by atoms with Gasteiger partial charge in [0.25, 0.3) is 5.56 Å².